The number of furan rings is 1. The van der Waals surface area contributed by atoms with E-state index in [9.17, 15) is 9.59 Å². The van der Waals surface area contributed by atoms with Crippen molar-refractivity contribution in [3.8, 4) is 0 Å². The van der Waals surface area contributed by atoms with Crippen molar-refractivity contribution < 1.29 is 14.3 Å². The highest BCUT2D eigenvalue weighted by Gasteiger charge is 2.37. The second-order valence-corrected chi connectivity index (χ2v) is 8.19. The van der Waals surface area contributed by atoms with Gasteiger partial charge in [0.15, 0.2) is 0 Å². The van der Waals surface area contributed by atoms with Crippen molar-refractivity contribution in [2.24, 2.45) is 5.92 Å². The highest BCUT2D eigenvalue weighted by atomic mass is 16.4. The normalized spacial score (nSPS) is 19.7. The molecule has 1 saturated heterocycles. The van der Waals surface area contributed by atoms with E-state index in [2.05, 4.69) is 10.3 Å². The molecule has 5 rings (SSSR count). The van der Waals surface area contributed by atoms with E-state index in [1.807, 2.05) is 27.7 Å². The van der Waals surface area contributed by atoms with Crippen molar-refractivity contribution >= 4 is 11.6 Å². The fourth-order valence-electron chi connectivity index (χ4n) is 4.68. The quantitative estimate of drug-likeness (QED) is 0.656. The maximum atomic E-state index is 13.1. The summed E-state index contributed by atoms with van der Waals surface area (Å²) in [6.07, 6.45) is 2.61. The molecule has 8 nitrogen and oxygen atoms in total. The molecular formula is C23H24N4O4. The van der Waals surface area contributed by atoms with Crippen LogP contribution < -0.4 is 10.9 Å². The first-order valence-electron chi connectivity index (χ1n) is 10.5. The zero-order valence-corrected chi connectivity index (χ0v) is 17.0. The van der Waals surface area contributed by atoms with E-state index >= 15 is 0 Å². The third-order valence-electron chi connectivity index (χ3n) is 6.10. The van der Waals surface area contributed by atoms with Gasteiger partial charge in [-0.3, -0.25) is 14.6 Å². The molecule has 2 aliphatic heterocycles. The number of anilines is 1. The summed E-state index contributed by atoms with van der Waals surface area (Å²) in [6.45, 7) is 2.04. The van der Waals surface area contributed by atoms with E-state index in [4.69, 9.17) is 9.52 Å². The molecule has 1 amide bonds. The lowest BCUT2D eigenvalue weighted by atomic mass is 9.83. The van der Waals surface area contributed by atoms with Gasteiger partial charge in [0.05, 0.1) is 6.54 Å². The predicted octanol–water partition coefficient (Wildman–Crippen LogP) is 2.20. The first-order valence-corrected chi connectivity index (χ1v) is 10.5. The molecule has 0 aliphatic carbocycles. The Balaban J connectivity index is 1.34. The van der Waals surface area contributed by atoms with Crippen LogP contribution in [0.3, 0.4) is 0 Å². The standard InChI is InChI=1S/C23H24N4O4/c28-14-18-5-4-17(31-18)10-25-20-6-7-21-16-9-15(12-27(21)23(20)30)11-26(13-16)22(29)19-3-1-2-8-24-19/h1-8,15-16,25,28H,9-14H2/t15-,16+/m0/s1. The highest BCUT2D eigenvalue weighted by Crippen LogP contribution is 2.35. The second kappa shape index (κ2) is 8.03. The summed E-state index contributed by atoms with van der Waals surface area (Å²) in [7, 11) is 0. The lowest BCUT2D eigenvalue weighted by Gasteiger charge is -2.42. The smallest absolute Gasteiger partial charge is 0.274 e. The van der Waals surface area contributed by atoms with E-state index < -0.39 is 0 Å². The molecule has 0 aromatic carbocycles. The zero-order chi connectivity index (χ0) is 21.4. The van der Waals surface area contributed by atoms with Gasteiger partial charge < -0.3 is 24.3 Å². The summed E-state index contributed by atoms with van der Waals surface area (Å²) in [6, 6.07) is 12.7. The predicted molar refractivity (Wildman–Crippen MR) is 114 cm³/mol. The molecule has 0 radical (unpaired) electrons. The van der Waals surface area contributed by atoms with E-state index in [1.165, 1.54) is 0 Å². The topological polar surface area (TPSA) is 101 Å². The number of carbonyl (C=O) groups is 1. The molecule has 3 aromatic heterocycles. The van der Waals surface area contributed by atoms with Crippen LogP contribution in [-0.4, -0.2) is 38.6 Å². The average Bonchev–Trinajstić information content (AvgIpc) is 3.27. The van der Waals surface area contributed by atoms with Gasteiger partial charge in [0.25, 0.3) is 11.5 Å². The Labute approximate surface area is 179 Å². The van der Waals surface area contributed by atoms with Crippen LogP contribution in [0.2, 0.25) is 0 Å². The summed E-state index contributed by atoms with van der Waals surface area (Å²) in [5.74, 6) is 1.48. The van der Waals surface area contributed by atoms with Crippen molar-refractivity contribution in [3.63, 3.8) is 0 Å². The van der Waals surface area contributed by atoms with Gasteiger partial charge in [0.2, 0.25) is 0 Å². The van der Waals surface area contributed by atoms with Gasteiger partial charge in [0, 0.05) is 37.4 Å². The van der Waals surface area contributed by atoms with Crippen LogP contribution in [0.1, 0.15) is 40.0 Å². The van der Waals surface area contributed by atoms with E-state index in [-0.39, 0.29) is 29.9 Å². The van der Waals surface area contributed by atoms with Gasteiger partial charge in [0.1, 0.15) is 29.5 Å². The molecule has 1 fully saturated rings. The summed E-state index contributed by atoms with van der Waals surface area (Å²) in [5.41, 5.74) is 1.91. The van der Waals surface area contributed by atoms with Gasteiger partial charge in [-0.1, -0.05) is 6.07 Å². The van der Waals surface area contributed by atoms with Crippen LogP contribution in [0.15, 0.2) is 57.9 Å². The largest absolute Gasteiger partial charge is 0.462 e. The number of hydrogen-bond acceptors (Lipinski definition) is 6. The van der Waals surface area contributed by atoms with Crippen molar-refractivity contribution in [2.45, 2.75) is 32.0 Å². The first-order chi connectivity index (χ1) is 15.1. The Bertz CT molecular complexity index is 1150. The Morgan fingerprint density at radius 2 is 2.00 bits per heavy atom. The number of aliphatic hydroxyl groups is 1. The number of rotatable bonds is 5. The van der Waals surface area contributed by atoms with Gasteiger partial charge in [-0.15, -0.1) is 0 Å². The van der Waals surface area contributed by atoms with Crippen LogP contribution in [0.5, 0.6) is 0 Å². The molecule has 2 N–H and O–H groups in total. The van der Waals surface area contributed by atoms with Gasteiger partial charge in [-0.05, 0) is 48.7 Å². The minimum absolute atomic E-state index is 0.0503. The lowest BCUT2D eigenvalue weighted by molar-refractivity contribution is 0.0589. The average molecular weight is 420 g/mol. The number of amides is 1. The number of aromatic nitrogens is 2. The number of nitrogens with one attached hydrogen (secondary N) is 1. The Morgan fingerprint density at radius 3 is 2.77 bits per heavy atom. The third kappa shape index (κ3) is 3.74. The van der Waals surface area contributed by atoms with Gasteiger partial charge >= 0.3 is 0 Å². The Kier molecular flexibility index (Phi) is 5.07. The second-order valence-electron chi connectivity index (χ2n) is 8.19. The monoisotopic (exact) mass is 420 g/mol. The maximum Gasteiger partial charge on any atom is 0.274 e. The fraction of sp³-hybridized carbons (Fsp3) is 0.348. The molecule has 5 heterocycles. The van der Waals surface area contributed by atoms with Crippen LogP contribution in [0, 0.1) is 5.92 Å². The molecule has 0 saturated carbocycles. The molecule has 0 unspecified atom stereocenters. The number of piperidine rings is 1. The molecule has 2 atom stereocenters. The summed E-state index contributed by atoms with van der Waals surface area (Å²) >= 11 is 0. The molecule has 160 valence electrons. The summed E-state index contributed by atoms with van der Waals surface area (Å²) in [4.78, 5) is 32.0. The van der Waals surface area contributed by atoms with E-state index in [0.717, 1.165) is 12.1 Å². The number of hydrogen-bond donors (Lipinski definition) is 2. The number of fused-ring (bicyclic) bond motifs is 4. The van der Waals surface area contributed by atoms with Crippen LogP contribution >= 0.6 is 0 Å². The van der Waals surface area contributed by atoms with E-state index in [0.29, 0.717) is 49.1 Å². The number of likely N-dealkylation sites (tertiary alicyclic amines) is 1. The SMILES string of the molecule is O=C(c1ccccn1)N1C[C@@H]2C[C@H](C1)c1ccc(NCc3ccc(CO)o3)c(=O)n1C2. The van der Waals surface area contributed by atoms with Gasteiger partial charge in [-0.2, -0.15) is 0 Å². The summed E-state index contributed by atoms with van der Waals surface area (Å²) in [5, 5.41) is 12.3. The Morgan fingerprint density at radius 1 is 1.13 bits per heavy atom. The van der Waals surface area contributed by atoms with Crippen molar-refractivity contribution in [2.75, 3.05) is 18.4 Å². The fourth-order valence-corrected chi connectivity index (χ4v) is 4.68. The minimum atomic E-state index is -0.149. The van der Waals surface area contributed by atoms with Crippen molar-refractivity contribution in [1.29, 1.82) is 0 Å². The molecule has 3 aromatic rings. The van der Waals surface area contributed by atoms with Crippen LogP contribution in [0.25, 0.3) is 0 Å². The molecule has 2 aliphatic rings. The van der Waals surface area contributed by atoms with Gasteiger partial charge in [-0.25, -0.2) is 0 Å². The zero-order valence-electron chi connectivity index (χ0n) is 17.0. The number of pyridine rings is 2. The van der Waals surface area contributed by atoms with Crippen molar-refractivity contribution in [3.05, 3.63) is 81.9 Å². The molecular weight excluding hydrogens is 396 g/mol. The summed E-state index contributed by atoms with van der Waals surface area (Å²) < 4.78 is 7.33. The molecule has 8 heteroatoms. The van der Waals surface area contributed by atoms with Crippen molar-refractivity contribution in [1.82, 2.24) is 14.5 Å². The van der Waals surface area contributed by atoms with Crippen LogP contribution in [-0.2, 0) is 19.7 Å². The number of nitrogens with zero attached hydrogens (tertiary/aromatic N) is 3. The highest BCUT2D eigenvalue weighted by molar-refractivity contribution is 5.92. The number of carbonyl (C=O) groups excluding carboxylic acids is 1. The minimum Gasteiger partial charge on any atom is -0.462 e. The molecule has 0 spiro atoms. The van der Waals surface area contributed by atoms with Crippen LogP contribution in [0.4, 0.5) is 5.69 Å². The van der Waals surface area contributed by atoms with E-state index in [1.54, 1.807) is 30.5 Å². The lowest BCUT2D eigenvalue weighted by Crippen LogP contribution is -2.49. The maximum absolute atomic E-state index is 13.1. The molecule has 31 heavy (non-hydrogen) atoms. The molecule has 2 bridgehead atoms. The Hall–Kier alpha value is -3.39. The number of aliphatic hydroxyl groups excluding tert-OH is 1. The third-order valence-corrected chi connectivity index (χ3v) is 6.10. The first kappa shape index (κ1) is 19.6.